The highest BCUT2D eigenvalue weighted by atomic mass is 32.2. The Kier molecular flexibility index (Phi) is 6.76. The molecule has 162 valence electrons. The minimum absolute atomic E-state index is 0.0328. The third-order valence-electron chi connectivity index (χ3n) is 4.12. The van der Waals surface area contributed by atoms with E-state index in [9.17, 15) is 36.3 Å². The zero-order valence-electron chi connectivity index (χ0n) is 15.9. The molecule has 0 aromatic heterocycles. The normalized spacial score (nSPS) is 12.8. The second kappa shape index (κ2) is 8.74. The molecule has 0 saturated carbocycles. The number of aromatic carboxylic acids is 1. The minimum Gasteiger partial charge on any atom is -0.497 e. The number of hydrogen-bond acceptors (Lipinski definition) is 5. The third-order valence-corrected chi connectivity index (χ3v) is 5.94. The van der Waals surface area contributed by atoms with E-state index in [4.69, 9.17) is 4.74 Å². The number of nitrogens with one attached hydrogen (secondary N) is 1. The Hall–Kier alpha value is -3.08. The Morgan fingerprint density at radius 2 is 1.73 bits per heavy atom. The average molecular weight is 445 g/mol. The van der Waals surface area contributed by atoms with Crippen molar-refractivity contribution in [2.45, 2.75) is 35.4 Å². The zero-order chi connectivity index (χ0) is 22.7. The molecule has 0 spiro atoms. The number of amides is 1. The molecule has 2 aromatic carbocycles. The Balaban J connectivity index is 2.26. The van der Waals surface area contributed by atoms with Gasteiger partial charge < -0.3 is 15.2 Å². The lowest BCUT2D eigenvalue weighted by molar-refractivity contribution is -0.174. The van der Waals surface area contributed by atoms with Crippen molar-refractivity contribution in [2.75, 3.05) is 7.11 Å². The molecule has 2 N–H and O–H groups in total. The van der Waals surface area contributed by atoms with E-state index < -0.39 is 44.4 Å². The van der Waals surface area contributed by atoms with Crippen molar-refractivity contribution in [2.24, 2.45) is 0 Å². The zero-order valence-corrected chi connectivity index (χ0v) is 16.7. The quantitative estimate of drug-likeness (QED) is 0.678. The van der Waals surface area contributed by atoms with Gasteiger partial charge in [0.25, 0.3) is 0 Å². The molecule has 7 nitrogen and oxygen atoms in total. The van der Waals surface area contributed by atoms with Gasteiger partial charge in [0.1, 0.15) is 5.75 Å². The van der Waals surface area contributed by atoms with Crippen LogP contribution in [0, 0.1) is 0 Å². The number of carbonyl (C=O) groups is 2. The van der Waals surface area contributed by atoms with E-state index in [1.54, 1.807) is 0 Å². The summed E-state index contributed by atoms with van der Waals surface area (Å²) >= 11 is 0. The summed E-state index contributed by atoms with van der Waals surface area (Å²) in [5.41, 5.74) is 0.0269. The van der Waals surface area contributed by atoms with Crippen LogP contribution in [0.3, 0.4) is 0 Å². The number of halogens is 3. The second-order valence-corrected chi connectivity index (χ2v) is 8.31. The summed E-state index contributed by atoms with van der Waals surface area (Å²) in [6, 6.07) is 7.90. The number of alkyl halides is 3. The van der Waals surface area contributed by atoms with Gasteiger partial charge in [-0.2, -0.15) is 13.2 Å². The van der Waals surface area contributed by atoms with Crippen LogP contribution in [-0.2, 0) is 21.1 Å². The molecule has 1 amide bonds. The number of ether oxygens (including phenoxy) is 1. The summed E-state index contributed by atoms with van der Waals surface area (Å²) in [6.45, 7) is 1.38. The number of sulfone groups is 1. The van der Waals surface area contributed by atoms with Crippen LogP contribution < -0.4 is 10.1 Å². The first-order valence-corrected chi connectivity index (χ1v) is 9.97. The van der Waals surface area contributed by atoms with Crippen molar-refractivity contribution in [1.82, 2.24) is 5.32 Å². The van der Waals surface area contributed by atoms with Gasteiger partial charge in [-0.25, -0.2) is 13.2 Å². The molecule has 0 aliphatic carbocycles. The largest absolute Gasteiger partial charge is 0.497 e. The Labute approximate surface area is 170 Å². The highest BCUT2D eigenvalue weighted by Gasteiger charge is 2.39. The van der Waals surface area contributed by atoms with Gasteiger partial charge in [0.2, 0.25) is 9.84 Å². The average Bonchev–Trinajstić information content (AvgIpc) is 2.66. The van der Waals surface area contributed by atoms with Crippen LogP contribution >= 0.6 is 0 Å². The maximum Gasteiger partial charge on any atom is 0.471 e. The summed E-state index contributed by atoms with van der Waals surface area (Å²) in [6.07, 6.45) is -4.96. The van der Waals surface area contributed by atoms with Crippen molar-refractivity contribution in [3.63, 3.8) is 0 Å². The lowest BCUT2D eigenvalue weighted by Gasteiger charge is -2.15. The molecule has 2 rings (SSSR count). The summed E-state index contributed by atoms with van der Waals surface area (Å²) in [5, 5.41) is 11.1. The maximum absolute atomic E-state index is 12.9. The summed E-state index contributed by atoms with van der Waals surface area (Å²) in [7, 11) is -2.87. The third kappa shape index (κ3) is 5.29. The van der Waals surface area contributed by atoms with Gasteiger partial charge in [-0.05, 0) is 49.2 Å². The molecule has 2 aromatic rings. The summed E-state index contributed by atoms with van der Waals surface area (Å²) in [5.74, 6) is -3.33. The molecule has 0 bridgehead atoms. The van der Waals surface area contributed by atoms with E-state index in [-0.39, 0.29) is 17.1 Å². The molecule has 0 fully saturated rings. The molecule has 0 radical (unpaired) electrons. The fraction of sp³-hybridized carbons (Fsp3) is 0.263. The number of benzene rings is 2. The highest BCUT2D eigenvalue weighted by Crippen LogP contribution is 2.28. The number of rotatable bonds is 7. The molecular formula is C19H18F3NO6S. The molecular weight excluding hydrogens is 427 g/mol. The number of carboxylic acids is 1. The van der Waals surface area contributed by atoms with Crippen LogP contribution in [0.15, 0.2) is 52.3 Å². The molecule has 0 heterocycles. The number of carboxylic acid groups (broad SMARTS) is 1. The van der Waals surface area contributed by atoms with Crippen molar-refractivity contribution < 1.29 is 41.0 Å². The van der Waals surface area contributed by atoms with Crippen LogP contribution in [0.25, 0.3) is 0 Å². The minimum atomic E-state index is -4.99. The standard InChI is InChI=1S/C19H18F3NO6S/c1-11(23-18(26)19(20,21)22)9-12-3-6-14(7-4-12)30(27,28)16-8-5-13(29-2)10-15(16)17(24)25/h3-8,10-11H,9H2,1-2H3,(H,23,26)(H,24,25)/t11-/m1/s1. The number of carbonyl (C=O) groups excluding carboxylic acids is 1. The van der Waals surface area contributed by atoms with Gasteiger partial charge in [-0.3, -0.25) is 4.79 Å². The topological polar surface area (TPSA) is 110 Å². The molecule has 0 aliphatic rings. The van der Waals surface area contributed by atoms with Gasteiger partial charge >= 0.3 is 18.1 Å². The monoisotopic (exact) mass is 445 g/mol. The van der Waals surface area contributed by atoms with Crippen LogP contribution in [0.2, 0.25) is 0 Å². The molecule has 0 saturated heterocycles. The van der Waals surface area contributed by atoms with E-state index in [0.29, 0.717) is 5.56 Å². The first-order chi connectivity index (χ1) is 13.9. The van der Waals surface area contributed by atoms with Gasteiger partial charge in [0.15, 0.2) is 0 Å². The van der Waals surface area contributed by atoms with Gasteiger partial charge in [-0.1, -0.05) is 12.1 Å². The maximum atomic E-state index is 12.9. The number of methoxy groups -OCH3 is 1. The Morgan fingerprint density at radius 3 is 2.23 bits per heavy atom. The van der Waals surface area contributed by atoms with Crippen molar-refractivity contribution in [3.05, 3.63) is 53.6 Å². The Bertz CT molecular complexity index is 1050. The van der Waals surface area contributed by atoms with Crippen LogP contribution in [-0.4, -0.2) is 44.7 Å². The van der Waals surface area contributed by atoms with E-state index in [1.807, 2.05) is 5.32 Å². The highest BCUT2D eigenvalue weighted by molar-refractivity contribution is 7.91. The predicted octanol–water partition coefficient (Wildman–Crippen LogP) is 2.84. The number of hydrogen-bond donors (Lipinski definition) is 2. The van der Waals surface area contributed by atoms with Gasteiger partial charge in [0, 0.05) is 6.04 Å². The van der Waals surface area contributed by atoms with Crippen molar-refractivity contribution in [3.8, 4) is 5.75 Å². The van der Waals surface area contributed by atoms with E-state index >= 15 is 0 Å². The first kappa shape index (κ1) is 23.2. The fourth-order valence-corrected chi connectivity index (χ4v) is 4.11. The van der Waals surface area contributed by atoms with Crippen molar-refractivity contribution >= 4 is 21.7 Å². The first-order valence-electron chi connectivity index (χ1n) is 8.49. The summed E-state index contributed by atoms with van der Waals surface area (Å²) in [4.78, 5) is 21.8. The molecule has 30 heavy (non-hydrogen) atoms. The lowest BCUT2D eigenvalue weighted by atomic mass is 10.1. The smallest absolute Gasteiger partial charge is 0.471 e. The van der Waals surface area contributed by atoms with Crippen LogP contribution in [0.5, 0.6) is 5.75 Å². The van der Waals surface area contributed by atoms with Crippen LogP contribution in [0.4, 0.5) is 13.2 Å². The van der Waals surface area contributed by atoms with Crippen LogP contribution in [0.1, 0.15) is 22.8 Å². The molecule has 1 atom stereocenters. The Morgan fingerprint density at radius 1 is 1.13 bits per heavy atom. The molecule has 0 aliphatic heterocycles. The fourth-order valence-electron chi connectivity index (χ4n) is 2.68. The molecule has 11 heteroatoms. The SMILES string of the molecule is COc1ccc(S(=O)(=O)c2ccc(C[C@@H](C)NC(=O)C(F)(F)F)cc2)c(C(=O)O)c1. The summed E-state index contributed by atoms with van der Waals surface area (Å²) < 4.78 is 67.6. The van der Waals surface area contributed by atoms with Crippen molar-refractivity contribution in [1.29, 1.82) is 0 Å². The second-order valence-electron chi connectivity index (χ2n) is 6.39. The van der Waals surface area contributed by atoms with Gasteiger partial charge in [-0.15, -0.1) is 0 Å². The van der Waals surface area contributed by atoms with Gasteiger partial charge in [0.05, 0.1) is 22.5 Å². The van der Waals surface area contributed by atoms with E-state index in [2.05, 4.69) is 0 Å². The van der Waals surface area contributed by atoms with E-state index in [1.165, 1.54) is 44.4 Å². The molecule has 0 unspecified atom stereocenters. The predicted molar refractivity (Wildman–Crippen MR) is 99.2 cm³/mol. The lowest BCUT2D eigenvalue weighted by Crippen LogP contribution is -2.42. The van der Waals surface area contributed by atoms with E-state index in [0.717, 1.165) is 12.1 Å².